The van der Waals surface area contributed by atoms with Crippen molar-refractivity contribution in [1.82, 2.24) is 4.90 Å². The Labute approximate surface area is 105 Å². The summed E-state index contributed by atoms with van der Waals surface area (Å²) in [5, 5.41) is 0. The van der Waals surface area contributed by atoms with Gasteiger partial charge in [-0.15, -0.1) is 0 Å². The van der Waals surface area contributed by atoms with Crippen LogP contribution in [0.15, 0.2) is 24.3 Å². The van der Waals surface area contributed by atoms with Crippen molar-refractivity contribution in [3.8, 4) is 0 Å². The number of hydrogen-bond donors (Lipinski definition) is 0. The highest BCUT2D eigenvalue weighted by Crippen LogP contribution is 2.07. The van der Waals surface area contributed by atoms with E-state index in [1.54, 1.807) is 0 Å². The van der Waals surface area contributed by atoms with Gasteiger partial charge in [0.25, 0.3) is 0 Å². The van der Waals surface area contributed by atoms with E-state index in [4.69, 9.17) is 0 Å². The Hall–Kier alpha value is -1.15. The van der Waals surface area contributed by atoms with E-state index in [9.17, 15) is 4.79 Å². The molecule has 0 N–H and O–H groups in total. The van der Waals surface area contributed by atoms with Gasteiger partial charge in [-0.25, -0.2) is 0 Å². The summed E-state index contributed by atoms with van der Waals surface area (Å²) in [5.74, 6) is 0.250. The Balaban J connectivity index is 2.46. The van der Waals surface area contributed by atoms with Crippen LogP contribution in [0.1, 0.15) is 42.6 Å². The summed E-state index contributed by atoms with van der Waals surface area (Å²) in [6.45, 7) is 9.33. The van der Waals surface area contributed by atoms with Crippen LogP contribution in [0.5, 0.6) is 0 Å². The summed E-state index contributed by atoms with van der Waals surface area (Å²) < 4.78 is 0. The minimum absolute atomic E-state index is 0.250. The number of benzene rings is 1. The van der Waals surface area contributed by atoms with Gasteiger partial charge < -0.3 is 4.90 Å². The third kappa shape index (κ3) is 4.70. The summed E-state index contributed by atoms with van der Waals surface area (Å²) in [7, 11) is 0. The van der Waals surface area contributed by atoms with E-state index in [1.165, 1.54) is 5.56 Å². The maximum Gasteiger partial charge on any atom is 0.164 e. The minimum Gasteiger partial charge on any atom is -0.303 e. The normalized spacial score (nSPS) is 10.8. The predicted octanol–water partition coefficient (Wildman–Crippen LogP) is 3.30. The van der Waals surface area contributed by atoms with Gasteiger partial charge in [-0.05, 0) is 26.4 Å². The fourth-order valence-corrected chi connectivity index (χ4v) is 1.89. The number of Topliss-reactive ketones (excluding diaryl/α,β-unsaturated/α-hetero) is 1. The van der Waals surface area contributed by atoms with Crippen molar-refractivity contribution in [2.75, 3.05) is 19.6 Å². The molecule has 0 fully saturated rings. The first-order valence-electron chi connectivity index (χ1n) is 6.49. The molecule has 0 atom stereocenters. The van der Waals surface area contributed by atoms with Crippen molar-refractivity contribution in [2.45, 2.75) is 33.6 Å². The lowest BCUT2D eigenvalue weighted by Gasteiger charge is -2.18. The molecule has 0 radical (unpaired) electrons. The number of ketones is 1. The van der Waals surface area contributed by atoms with E-state index in [2.05, 4.69) is 18.7 Å². The van der Waals surface area contributed by atoms with E-state index in [0.29, 0.717) is 6.42 Å². The SMILES string of the molecule is CCCN(CC)CCC(=O)c1ccc(C)cc1. The molecular formula is C15H23NO. The fraction of sp³-hybridized carbons (Fsp3) is 0.533. The van der Waals surface area contributed by atoms with Crippen LogP contribution >= 0.6 is 0 Å². The first kappa shape index (κ1) is 13.9. The van der Waals surface area contributed by atoms with Gasteiger partial charge in [-0.1, -0.05) is 43.7 Å². The second-order valence-corrected chi connectivity index (χ2v) is 4.47. The van der Waals surface area contributed by atoms with Crippen LogP contribution in [0.2, 0.25) is 0 Å². The zero-order chi connectivity index (χ0) is 12.7. The van der Waals surface area contributed by atoms with Gasteiger partial charge in [-0.3, -0.25) is 4.79 Å². The van der Waals surface area contributed by atoms with E-state index in [-0.39, 0.29) is 5.78 Å². The molecule has 94 valence electrons. The van der Waals surface area contributed by atoms with Gasteiger partial charge in [0.1, 0.15) is 0 Å². The van der Waals surface area contributed by atoms with Crippen molar-refractivity contribution >= 4 is 5.78 Å². The molecule has 0 heterocycles. The number of carbonyl (C=O) groups is 1. The molecule has 0 unspecified atom stereocenters. The molecule has 2 heteroatoms. The molecule has 0 spiro atoms. The van der Waals surface area contributed by atoms with Gasteiger partial charge in [0.05, 0.1) is 0 Å². The summed E-state index contributed by atoms with van der Waals surface area (Å²) >= 11 is 0. The van der Waals surface area contributed by atoms with Crippen LogP contribution in [0.25, 0.3) is 0 Å². The number of carbonyl (C=O) groups excluding carboxylic acids is 1. The second kappa shape index (κ2) is 7.23. The number of rotatable bonds is 7. The largest absolute Gasteiger partial charge is 0.303 e. The zero-order valence-corrected chi connectivity index (χ0v) is 11.2. The van der Waals surface area contributed by atoms with Crippen LogP contribution in [-0.2, 0) is 0 Å². The Morgan fingerprint density at radius 2 is 1.76 bits per heavy atom. The third-order valence-electron chi connectivity index (χ3n) is 3.02. The predicted molar refractivity (Wildman–Crippen MR) is 72.5 cm³/mol. The minimum atomic E-state index is 0.250. The van der Waals surface area contributed by atoms with Crippen LogP contribution in [-0.4, -0.2) is 30.3 Å². The van der Waals surface area contributed by atoms with Crippen LogP contribution in [0, 0.1) is 6.92 Å². The molecule has 1 aromatic rings. The van der Waals surface area contributed by atoms with E-state index in [0.717, 1.165) is 31.6 Å². The van der Waals surface area contributed by atoms with Crippen LogP contribution in [0.4, 0.5) is 0 Å². The van der Waals surface area contributed by atoms with E-state index >= 15 is 0 Å². The Kier molecular flexibility index (Phi) is 5.92. The average Bonchev–Trinajstić information content (AvgIpc) is 2.35. The highest BCUT2D eigenvalue weighted by atomic mass is 16.1. The highest BCUT2D eigenvalue weighted by molar-refractivity contribution is 5.96. The molecule has 0 amide bonds. The van der Waals surface area contributed by atoms with Gasteiger partial charge in [0, 0.05) is 18.5 Å². The maximum absolute atomic E-state index is 12.0. The van der Waals surface area contributed by atoms with Crippen molar-refractivity contribution in [3.63, 3.8) is 0 Å². The van der Waals surface area contributed by atoms with E-state index < -0.39 is 0 Å². The van der Waals surface area contributed by atoms with Crippen molar-refractivity contribution in [3.05, 3.63) is 35.4 Å². The Morgan fingerprint density at radius 1 is 1.12 bits per heavy atom. The van der Waals surface area contributed by atoms with Crippen LogP contribution < -0.4 is 0 Å². The lowest BCUT2D eigenvalue weighted by Crippen LogP contribution is -2.26. The number of hydrogen-bond acceptors (Lipinski definition) is 2. The number of aryl methyl sites for hydroxylation is 1. The Morgan fingerprint density at radius 3 is 2.29 bits per heavy atom. The van der Waals surface area contributed by atoms with E-state index in [1.807, 2.05) is 31.2 Å². The molecule has 1 aromatic carbocycles. The standard InChI is InChI=1S/C15H23NO/c1-4-11-16(5-2)12-10-15(17)14-8-6-13(3)7-9-14/h6-9H,4-5,10-12H2,1-3H3. The number of nitrogens with zero attached hydrogens (tertiary/aromatic N) is 1. The van der Waals surface area contributed by atoms with Crippen molar-refractivity contribution < 1.29 is 4.79 Å². The molecular weight excluding hydrogens is 210 g/mol. The highest BCUT2D eigenvalue weighted by Gasteiger charge is 2.08. The third-order valence-corrected chi connectivity index (χ3v) is 3.02. The fourth-order valence-electron chi connectivity index (χ4n) is 1.89. The summed E-state index contributed by atoms with van der Waals surface area (Å²) in [4.78, 5) is 14.3. The van der Waals surface area contributed by atoms with Crippen molar-refractivity contribution in [1.29, 1.82) is 0 Å². The lowest BCUT2D eigenvalue weighted by molar-refractivity contribution is 0.0965. The van der Waals surface area contributed by atoms with Gasteiger partial charge >= 0.3 is 0 Å². The molecule has 0 aliphatic carbocycles. The Bertz CT molecular complexity index is 342. The molecule has 17 heavy (non-hydrogen) atoms. The van der Waals surface area contributed by atoms with Gasteiger partial charge in [0.2, 0.25) is 0 Å². The first-order chi connectivity index (χ1) is 8.17. The topological polar surface area (TPSA) is 20.3 Å². The van der Waals surface area contributed by atoms with Crippen molar-refractivity contribution in [2.24, 2.45) is 0 Å². The molecule has 0 saturated heterocycles. The average molecular weight is 233 g/mol. The molecule has 0 bridgehead atoms. The summed E-state index contributed by atoms with van der Waals surface area (Å²) in [6.07, 6.45) is 1.77. The molecule has 0 aliphatic rings. The zero-order valence-electron chi connectivity index (χ0n) is 11.2. The smallest absolute Gasteiger partial charge is 0.164 e. The van der Waals surface area contributed by atoms with Gasteiger partial charge in [0.15, 0.2) is 5.78 Å². The summed E-state index contributed by atoms with van der Waals surface area (Å²) in [5.41, 5.74) is 2.03. The monoisotopic (exact) mass is 233 g/mol. The first-order valence-corrected chi connectivity index (χ1v) is 6.49. The molecule has 2 nitrogen and oxygen atoms in total. The van der Waals surface area contributed by atoms with Gasteiger partial charge in [-0.2, -0.15) is 0 Å². The lowest BCUT2D eigenvalue weighted by atomic mass is 10.1. The summed E-state index contributed by atoms with van der Waals surface area (Å²) in [6, 6.07) is 7.84. The molecule has 0 aliphatic heterocycles. The maximum atomic E-state index is 12.0. The molecule has 0 saturated carbocycles. The quantitative estimate of drug-likeness (QED) is 0.673. The molecule has 0 aromatic heterocycles. The second-order valence-electron chi connectivity index (χ2n) is 4.47. The van der Waals surface area contributed by atoms with Crippen LogP contribution in [0.3, 0.4) is 0 Å². The molecule has 1 rings (SSSR count).